The minimum absolute atomic E-state index is 0. The van der Waals surface area contributed by atoms with Gasteiger partial charge >= 0.3 is 606 Å². The Balaban J connectivity index is -0.00000000697. The quantitative estimate of drug-likeness (QED) is 0.161. The van der Waals surface area contributed by atoms with Gasteiger partial charge in [0, 0.05) is 0 Å². The van der Waals surface area contributed by atoms with Crippen LogP contribution < -0.4 is 592 Å². The zero-order chi connectivity index (χ0) is 16.2. The van der Waals surface area contributed by atoms with Crippen LogP contribution in [0.5, 0.6) is 0 Å². The molecule has 0 heterocycles. The van der Waals surface area contributed by atoms with E-state index in [4.69, 9.17) is 59.9 Å². The van der Waals surface area contributed by atoms with Crippen LogP contribution >= 0.6 is 15.6 Å². The molecule has 0 aliphatic carbocycles. The van der Waals surface area contributed by atoms with Crippen LogP contribution in [0.2, 0.25) is 0 Å². The summed E-state index contributed by atoms with van der Waals surface area (Å²) in [5.74, 6) is 0. The fraction of sp³-hybridized carbons (Fsp3) is 0. The van der Waals surface area contributed by atoms with Crippen LogP contribution in [-0.2, 0) is 53.0 Å². The first-order valence-electron chi connectivity index (χ1n) is 2.69. The molecule has 0 fully saturated rings. The molecule has 0 aliphatic heterocycles. The van der Waals surface area contributed by atoms with Crippen LogP contribution in [0.4, 0.5) is 0 Å². The zero-order valence-corrected chi connectivity index (χ0v) is 62.7. The van der Waals surface area contributed by atoms with Gasteiger partial charge in [-0.3, -0.25) is 0 Å². The van der Waals surface area contributed by atoms with Crippen molar-refractivity contribution >= 4 is 15.6 Å². The van der Waals surface area contributed by atoms with E-state index < -0.39 is 52.9 Å². The largest absolute Gasteiger partial charge is 1.00 e. The van der Waals surface area contributed by atoms with E-state index in [-0.39, 0.29) is 548 Å². The van der Waals surface area contributed by atoms with Gasteiger partial charge in [0.15, 0.2) is 0 Å². The van der Waals surface area contributed by atoms with Crippen molar-refractivity contribution in [2.45, 2.75) is 0 Å². The monoisotopic (exact) mass is 1000 g/mol. The van der Waals surface area contributed by atoms with E-state index in [0.29, 0.717) is 0 Å². The Morgan fingerprint density at radius 2 is 0.429 bits per heavy atom. The second-order valence-electron chi connectivity index (χ2n) is 1.39. The predicted octanol–water partition coefficient (Wildman–Crippen LogP) is -40.6. The van der Waals surface area contributed by atoms with E-state index in [2.05, 4.69) is 0 Å². The fourth-order valence-corrected chi connectivity index (χ4v) is 0. The van der Waals surface area contributed by atoms with Crippen LogP contribution in [0.25, 0.3) is 0 Å². The number of hydrogen-bond donors (Lipinski definition) is 0. The minimum Gasteiger partial charge on any atom is 1.00 e. The van der Waals surface area contributed by atoms with Crippen LogP contribution in [0.15, 0.2) is 0 Å². The zero-order valence-electron chi connectivity index (χ0n) is 17.6. The third-order valence-electron chi connectivity index (χ3n) is 0. The van der Waals surface area contributed by atoms with Gasteiger partial charge in [-0.2, -0.15) is 15.6 Å². The van der Waals surface area contributed by atoms with Crippen molar-refractivity contribution in [1.29, 1.82) is 0 Å². The van der Waals surface area contributed by atoms with Crippen LogP contribution in [0.3, 0.4) is 0 Å². The van der Waals surface area contributed by atoms with Crippen molar-refractivity contribution in [2.24, 2.45) is 0 Å². The summed E-state index contributed by atoms with van der Waals surface area (Å²) >= 11 is -8.17. The molecule has 0 unspecified atom stereocenters. The van der Waals surface area contributed by atoms with E-state index in [0.717, 1.165) is 0 Å². The Labute approximate surface area is 634 Å². The molecule has 0 aromatic heterocycles. The second-order valence-corrected chi connectivity index (χ2v) is 4.74. The Morgan fingerprint density at radius 1 is 0.429 bits per heavy atom. The molecule has 112 valence electrons. The number of hydrogen-bond acceptors (Lipinski definition) is 14. The topological polar surface area (TPSA) is 299 Å². The molecule has 0 spiro atoms. The fourth-order valence-electron chi connectivity index (χ4n) is 0. The summed E-state index contributed by atoms with van der Waals surface area (Å²) in [5, 5.41) is 0. The van der Waals surface area contributed by atoms with Gasteiger partial charge in [-0.05, 0) is 0 Å². The van der Waals surface area contributed by atoms with Gasteiger partial charge in [-0.15, -0.1) is 0 Å². The van der Waals surface area contributed by atoms with Crippen molar-refractivity contribution < 1.29 is 645 Å². The molecule has 0 atom stereocenters. The summed E-state index contributed by atoms with van der Waals surface area (Å²) in [6.45, 7) is 0. The third kappa shape index (κ3) is 248. The molecule has 14 nitrogen and oxygen atoms in total. The molecule has 0 bridgehead atoms. The van der Waals surface area contributed by atoms with E-state index in [1.807, 2.05) is 0 Å². The molecular weight excluding hydrogens is 1000 g/mol. The van der Waals surface area contributed by atoms with Crippen molar-refractivity contribution in [3.63, 3.8) is 0 Å². The van der Waals surface area contributed by atoms with E-state index >= 15 is 0 Å². The maximum Gasteiger partial charge on any atom is 1.00 e. The molecule has 0 saturated carbocycles. The maximum absolute atomic E-state index is 8.58. The average molecular weight is 1000 g/mol. The van der Waals surface area contributed by atoms with Gasteiger partial charge in [0.2, 0.25) is 0 Å². The first kappa shape index (κ1) is 91.1. The summed E-state index contributed by atoms with van der Waals surface area (Å²) in [6, 6.07) is 0. The first-order valence-corrected chi connectivity index (χ1v) is 9.43. The van der Waals surface area contributed by atoms with Crippen molar-refractivity contribution in [2.75, 3.05) is 0 Å². The summed E-state index contributed by atoms with van der Waals surface area (Å²) in [4.78, 5) is 51.3. The van der Waals surface area contributed by atoms with Gasteiger partial charge < -0.3 is 38.5 Å². The molecule has 0 saturated heterocycles. The molecule has 28 heavy (non-hydrogen) atoms. The standard InChI is InChI=1S/5K.2H3O4P.6O.5Rb.2Ti/c;;;;;2*1-5(2,3)4;;;;;;;;;;;;;/h;;;;;2*(H3,1,2,3,4);;;;;;;;;;;;;/q5*+1;;;;;4*-1;5*+1;;/p-6. The van der Waals surface area contributed by atoms with Gasteiger partial charge in [0.25, 0.3) is 0 Å². The Morgan fingerprint density at radius 3 is 0.429 bits per heavy atom. The molecule has 0 amide bonds. The number of phosphoric acid groups is 2. The summed E-state index contributed by atoms with van der Waals surface area (Å²) < 4.78 is 68.6. The van der Waals surface area contributed by atoms with Crippen molar-refractivity contribution in [1.82, 2.24) is 0 Å². The first-order chi connectivity index (χ1) is 7.46. The maximum atomic E-state index is 8.58. The minimum atomic E-state index is -5.39. The predicted molar refractivity (Wildman–Crippen MR) is 16.6 cm³/mol. The molecular formula is K5O14P2Rb5Ti2. The Hall–Kier alpha value is 18.3. The van der Waals surface area contributed by atoms with Gasteiger partial charge in [-0.1, -0.05) is 0 Å². The van der Waals surface area contributed by atoms with Crippen LogP contribution in [-0.4, -0.2) is 0 Å². The van der Waals surface area contributed by atoms with Crippen LogP contribution in [0.1, 0.15) is 0 Å². The molecule has 0 rings (SSSR count). The normalized spacial score (nSPS) is 6.07. The third-order valence-corrected chi connectivity index (χ3v) is 0. The van der Waals surface area contributed by atoms with Crippen LogP contribution in [0, 0.1) is 0 Å². The smallest absolute Gasteiger partial charge is 1.00 e. The van der Waals surface area contributed by atoms with Crippen molar-refractivity contribution in [3.05, 3.63) is 0 Å². The molecule has 0 aliphatic rings. The molecule has 0 aromatic carbocycles. The van der Waals surface area contributed by atoms with Crippen molar-refractivity contribution in [3.8, 4) is 0 Å². The molecule has 0 radical (unpaired) electrons. The summed E-state index contributed by atoms with van der Waals surface area (Å²) in [6.07, 6.45) is 0. The SMILES string of the molecule is O=P([O-])([O-])[O-].O=P([O-])([O-])[O-].[K+].[K+].[K+].[K+].[K+].[O]=[Ti]([O-])[O-].[O]=[Ti]([O-])[O-].[Rb+].[Rb+].[Rb+].[Rb+].[Rb+]. The van der Waals surface area contributed by atoms with E-state index in [1.165, 1.54) is 0 Å². The second kappa shape index (κ2) is 67.5. The van der Waals surface area contributed by atoms with E-state index in [9.17, 15) is 0 Å². The van der Waals surface area contributed by atoms with E-state index in [1.54, 1.807) is 0 Å². The molecule has 0 aromatic rings. The Kier molecular flexibility index (Phi) is 219. The number of rotatable bonds is 0. The van der Waals surface area contributed by atoms with Gasteiger partial charge in [-0.25, -0.2) is 0 Å². The molecule has 0 N–H and O–H groups in total. The summed E-state index contributed by atoms with van der Waals surface area (Å²) in [7, 11) is -10.8. The summed E-state index contributed by atoms with van der Waals surface area (Å²) in [5.41, 5.74) is 0. The van der Waals surface area contributed by atoms with Gasteiger partial charge in [0.1, 0.15) is 0 Å². The van der Waals surface area contributed by atoms with Gasteiger partial charge in [0.05, 0.1) is 0 Å². The molecule has 28 heteroatoms. The Bertz CT molecular complexity index is 286. The average Bonchev–Trinajstić information content (AvgIpc) is 1.70.